The first-order valence-electron chi connectivity index (χ1n) is 9.13. The van der Waals surface area contributed by atoms with Gasteiger partial charge in [-0.15, -0.1) is 0 Å². The zero-order valence-electron chi connectivity index (χ0n) is 16.3. The van der Waals surface area contributed by atoms with Crippen molar-refractivity contribution in [2.24, 2.45) is 5.41 Å². The summed E-state index contributed by atoms with van der Waals surface area (Å²) in [5.41, 5.74) is 2.93. The lowest BCUT2D eigenvalue weighted by Gasteiger charge is -2.39. The van der Waals surface area contributed by atoms with Crippen LogP contribution in [-0.4, -0.2) is 25.7 Å². The van der Waals surface area contributed by atoms with Gasteiger partial charge in [0.25, 0.3) is 0 Å². The second-order valence-corrected chi connectivity index (χ2v) is 8.56. The lowest BCUT2D eigenvalue weighted by atomic mass is 9.68. The third kappa shape index (κ3) is 2.96. The highest BCUT2D eigenvalue weighted by molar-refractivity contribution is 6.32. The minimum Gasteiger partial charge on any atom is -0.466 e. The molecular formula is C21H22ClNO5. The van der Waals surface area contributed by atoms with Crippen LogP contribution in [0.4, 0.5) is 0 Å². The van der Waals surface area contributed by atoms with E-state index in [0.29, 0.717) is 51.8 Å². The molecule has 2 aliphatic heterocycles. The molecule has 0 amide bonds. The van der Waals surface area contributed by atoms with E-state index in [-0.39, 0.29) is 18.0 Å². The van der Waals surface area contributed by atoms with Gasteiger partial charge >= 0.3 is 5.97 Å². The Labute approximate surface area is 168 Å². The number of halogens is 1. The predicted molar refractivity (Wildman–Crippen MR) is 103 cm³/mol. The fourth-order valence-electron chi connectivity index (χ4n) is 4.28. The molecular weight excluding hydrogens is 382 g/mol. The van der Waals surface area contributed by atoms with E-state index < -0.39 is 11.9 Å². The van der Waals surface area contributed by atoms with E-state index in [1.807, 2.05) is 6.92 Å². The van der Waals surface area contributed by atoms with Gasteiger partial charge in [0.1, 0.15) is 0 Å². The molecule has 3 aliphatic rings. The molecule has 0 aromatic heterocycles. The molecule has 2 heterocycles. The molecule has 28 heavy (non-hydrogen) atoms. The number of esters is 1. The Bertz CT molecular complexity index is 960. The molecule has 1 aliphatic carbocycles. The van der Waals surface area contributed by atoms with Crippen LogP contribution in [0.3, 0.4) is 0 Å². The summed E-state index contributed by atoms with van der Waals surface area (Å²) in [4.78, 5) is 25.8. The Morgan fingerprint density at radius 2 is 1.93 bits per heavy atom. The molecule has 0 saturated carbocycles. The van der Waals surface area contributed by atoms with Crippen molar-refractivity contribution in [3.05, 3.63) is 45.3 Å². The Kier molecular flexibility index (Phi) is 4.42. The van der Waals surface area contributed by atoms with Gasteiger partial charge in [-0.25, -0.2) is 4.79 Å². The van der Waals surface area contributed by atoms with E-state index in [4.69, 9.17) is 25.8 Å². The van der Waals surface area contributed by atoms with Crippen molar-refractivity contribution < 1.29 is 23.8 Å². The minimum atomic E-state index is -0.616. The predicted octanol–water partition coefficient (Wildman–Crippen LogP) is 3.85. The highest BCUT2D eigenvalue weighted by Crippen LogP contribution is 2.50. The Hall–Kier alpha value is -2.47. The number of nitrogens with one attached hydrogen (secondary N) is 1. The van der Waals surface area contributed by atoms with Crippen molar-refractivity contribution in [2.45, 2.75) is 39.5 Å². The summed E-state index contributed by atoms with van der Waals surface area (Å²) in [5, 5.41) is 3.69. The number of benzene rings is 1. The summed E-state index contributed by atoms with van der Waals surface area (Å²) in [5.74, 6) is -0.00699. The van der Waals surface area contributed by atoms with Gasteiger partial charge in [0.05, 0.1) is 12.7 Å². The summed E-state index contributed by atoms with van der Waals surface area (Å²) in [6.45, 7) is 6.05. The van der Waals surface area contributed by atoms with Gasteiger partial charge < -0.3 is 19.5 Å². The van der Waals surface area contributed by atoms with Crippen LogP contribution in [0.2, 0.25) is 5.02 Å². The molecule has 148 valence electrons. The monoisotopic (exact) mass is 403 g/mol. The standard InChI is InChI=1S/C21H22ClNO5/c1-10-17(20(25)26-4)18(11-5-15-16(6-12(11)22)28-9-27-15)19-13(23-10)7-21(2,3)8-14(19)24/h5-6,18,23H,7-9H2,1-4H3/t18-/m1/s1. The molecule has 0 fully saturated rings. The zero-order valence-corrected chi connectivity index (χ0v) is 17.0. The molecule has 4 rings (SSSR count). The van der Waals surface area contributed by atoms with Crippen LogP contribution in [0.1, 0.15) is 45.1 Å². The highest BCUT2D eigenvalue weighted by atomic mass is 35.5. The van der Waals surface area contributed by atoms with Crippen molar-refractivity contribution in [3.63, 3.8) is 0 Å². The van der Waals surface area contributed by atoms with Gasteiger partial charge in [0.2, 0.25) is 6.79 Å². The van der Waals surface area contributed by atoms with Gasteiger partial charge in [-0.3, -0.25) is 4.79 Å². The summed E-state index contributed by atoms with van der Waals surface area (Å²) < 4.78 is 15.9. The quantitative estimate of drug-likeness (QED) is 0.756. The fraction of sp³-hybridized carbons (Fsp3) is 0.429. The molecule has 6 nitrogen and oxygen atoms in total. The number of hydrogen-bond donors (Lipinski definition) is 1. The maximum atomic E-state index is 13.2. The molecule has 1 aromatic rings. The first-order valence-corrected chi connectivity index (χ1v) is 9.51. The molecule has 1 atom stereocenters. The summed E-state index contributed by atoms with van der Waals surface area (Å²) in [7, 11) is 1.33. The lowest BCUT2D eigenvalue weighted by molar-refractivity contribution is -0.136. The first kappa shape index (κ1) is 18.9. The third-order valence-corrected chi connectivity index (χ3v) is 5.78. The number of allylic oxidation sites excluding steroid dienone is 3. The van der Waals surface area contributed by atoms with Gasteiger partial charge in [0, 0.05) is 40.4 Å². The Morgan fingerprint density at radius 3 is 2.61 bits per heavy atom. The molecule has 0 bridgehead atoms. The van der Waals surface area contributed by atoms with Crippen molar-refractivity contribution in [1.29, 1.82) is 0 Å². The van der Waals surface area contributed by atoms with Crippen LogP contribution in [0.5, 0.6) is 11.5 Å². The number of ether oxygens (including phenoxy) is 3. The normalized spacial score (nSPS) is 22.8. The molecule has 1 aromatic carbocycles. The largest absolute Gasteiger partial charge is 0.466 e. The number of fused-ring (bicyclic) bond motifs is 1. The van der Waals surface area contributed by atoms with Gasteiger partial charge in [-0.2, -0.15) is 0 Å². The van der Waals surface area contributed by atoms with Gasteiger partial charge in [-0.1, -0.05) is 25.4 Å². The second kappa shape index (κ2) is 6.55. The van der Waals surface area contributed by atoms with E-state index in [1.165, 1.54) is 7.11 Å². The average Bonchev–Trinajstić information content (AvgIpc) is 3.05. The van der Waals surface area contributed by atoms with Crippen LogP contribution < -0.4 is 14.8 Å². The SMILES string of the molecule is COC(=O)C1=C(C)NC2=C(C(=O)CC(C)(C)C2)[C@@H]1c1cc2c(cc1Cl)OCO2. The number of methoxy groups -OCH3 is 1. The zero-order chi connectivity index (χ0) is 20.2. The number of ketones is 1. The molecule has 0 spiro atoms. The van der Waals surface area contributed by atoms with E-state index in [0.717, 1.165) is 5.70 Å². The van der Waals surface area contributed by atoms with Crippen molar-refractivity contribution in [2.75, 3.05) is 13.9 Å². The van der Waals surface area contributed by atoms with Crippen LogP contribution in [-0.2, 0) is 14.3 Å². The average molecular weight is 404 g/mol. The van der Waals surface area contributed by atoms with E-state index in [2.05, 4.69) is 19.2 Å². The topological polar surface area (TPSA) is 73.9 Å². The molecule has 1 N–H and O–H groups in total. The number of rotatable bonds is 2. The van der Waals surface area contributed by atoms with Crippen molar-refractivity contribution in [3.8, 4) is 11.5 Å². The van der Waals surface area contributed by atoms with Crippen LogP contribution in [0.25, 0.3) is 0 Å². The number of carbonyl (C=O) groups is 2. The lowest BCUT2D eigenvalue weighted by Crippen LogP contribution is -2.38. The summed E-state index contributed by atoms with van der Waals surface area (Å²) >= 11 is 6.57. The number of carbonyl (C=O) groups excluding carboxylic acids is 2. The van der Waals surface area contributed by atoms with Crippen molar-refractivity contribution >= 4 is 23.4 Å². The van der Waals surface area contributed by atoms with E-state index >= 15 is 0 Å². The maximum Gasteiger partial charge on any atom is 0.336 e. The Morgan fingerprint density at radius 1 is 1.25 bits per heavy atom. The highest BCUT2D eigenvalue weighted by Gasteiger charge is 2.44. The molecule has 0 radical (unpaired) electrons. The molecule has 7 heteroatoms. The molecule has 0 saturated heterocycles. The van der Waals surface area contributed by atoms with E-state index in [1.54, 1.807) is 12.1 Å². The maximum absolute atomic E-state index is 13.2. The number of dihydropyridines is 1. The van der Waals surface area contributed by atoms with Crippen LogP contribution in [0, 0.1) is 5.41 Å². The third-order valence-electron chi connectivity index (χ3n) is 5.45. The van der Waals surface area contributed by atoms with Crippen LogP contribution >= 0.6 is 11.6 Å². The minimum absolute atomic E-state index is 0.00591. The summed E-state index contributed by atoms with van der Waals surface area (Å²) in [6.07, 6.45) is 1.11. The number of hydrogen-bond acceptors (Lipinski definition) is 6. The summed E-state index contributed by atoms with van der Waals surface area (Å²) in [6, 6.07) is 3.43. The van der Waals surface area contributed by atoms with E-state index in [9.17, 15) is 9.59 Å². The first-order chi connectivity index (χ1) is 13.2. The second-order valence-electron chi connectivity index (χ2n) is 8.15. The van der Waals surface area contributed by atoms with Crippen LogP contribution in [0.15, 0.2) is 34.7 Å². The fourth-order valence-corrected chi connectivity index (χ4v) is 4.54. The van der Waals surface area contributed by atoms with Gasteiger partial charge in [0.15, 0.2) is 17.3 Å². The molecule has 0 unspecified atom stereocenters. The smallest absolute Gasteiger partial charge is 0.336 e. The van der Waals surface area contributed by atoms with Gasteiger partial charge in [-0.05, 0) is 30.4 Å². The Balaban J connectivity index is 1.94. The van der Waals surface area contributed by atoms with Crippen molar-refractivity contribution in [1.82, 2.24) is 5.32 Å². The number of Topliss-reactive ketones (excluding diaryl/α,β-unsaturated/α-hetero) is 1.